The van der Waals surface area contributed by atoms with Crippen LogP contribution in [-0.4, -0.2) is 33.6 Å². The molecule has 0 atom stereocenters. The highest BCUT2D eigenvalue weighted by Gasteiger charge is 2.21. The Labute approximate surface area is 128 Å². The van der Waals surface area contributed by atoms with Crippen molar-refractivity contribution in [2.24, 2.45) is 5.92 Å². The molecule has 118 valence electrons. The fourth-order valence-electron chi connectivity index (χ4n) is 2.22. The number of rotatable bonds is 5. The molecule has 0 amide bonds. The molecule has 3 N–H and O–H groups in total. The van der Waals surface area contributed by atoms with Gasteiger partial charge in [-0.05, 0) is 42.4 Å². The Kier molecular flexibility index (Phi) is 5.34. The van der Waals surface area contributed by atoms with Crippen LogP contribution in [0.4, 0.5) is 10.1 Å². The van der Waals surface area contributed by atoms with Crippen LogP contribution in [-0.2, 0) is 10.0 Å². The number of halogens is 1. The third-order valence-corrected chi connectivity index (χ3v) is 5.91. The molecule has 0 bridgehead atoms. The third-order valence-electron chi connectivity index (χ3n) is 3.46. The molecule has 0 unspecified atom stereocenters. The number of hydrogen-bond acceptors (Lipinski definition) is 5. The molecule has 1 aromatic rings. The highest BCUT2D eigenvalue weighted by atomic mass is 32.2. The van der Waals surface area contributed by atoms with Crippen molar-refractivity contribution < 1.29 is 17.5 Å². The Morgan fingerprint density at radius 2 is 2.10 bits per heavy atom. The lowest BCUT2D eigenvalue weighted by atomic mass is 10.0. The van der Waals surface area contributed by atoms with Crippen LogP contribution in [0.15, 0.2) is 17.0 Å². The first kappa shape index (κ1) is 16.4. The number of ether oxygens (including phenoxy) is 1. The number of anilines is 1. The van der Waals surface area contributed by atoms with Crippen LogP contribution in [0, 0.1) is 11.7 Å². The molecule has 2 rings (SSSR count). The smallest absolute Gasteiger partial charge is 0.240 e. The zero-order valence-electron chi connectivity index (χ0n) is 11.8. The van der Waals surface area contributed by atoms with Crippen molar-refractivity contribution in [2.45, 2.75) is 17.7 Å². The number of thioether (sulfide) groups is 1. The van der Waals surface area contributed by atoms with E-state index in [2.05, 4.69) is 4.72 Å². The van der Waals surface area contributed by atoms with E-state index in [1.807, 2.05) is 11.8 Å². The zero-order valence-corrected chi connectivity index (χ0v) is 13.4. The van der Waals surface area contributed by atoms with Crippen molar-refractivity contribution in [3.05, 3.63) is 17.9 Å². The minimum atomic E-state index is -3.76. The summed E-state index contributed by atoms with van der Waals surface area (Å²) in [5, 5.41) is 0. The molecule has 0 saturated carbocycles. The number of nitrogen functional groups attached to an aromatic ring is 1. The number of hydrogen-bond donors (Lipinski definition) is 2. The summed E-state index contributed by atoms with van der Waals surface area (Å²) in [4.78, 5) is -0.177. The average Bonchev–Trinajstić information content (AvgIpc) is 2.46. The van der Waals surface area contributed by atoms with Crippen LogP contribution in [0.2, 0.25) is 0 Å². The summed E-state index contributed by atoms with van der Waals surface area (Å²) in [6.45, 7) is 0.371. The second kappa shape index (κ2) is 6.85. The van der Waals surface area contributed by atoms with Crippen molar-refractivity contribution in [2.75, 3.05) is 30.9 Å². The van der Waals surface area contributed by atoms with Gasteiger partial charge in [-0.25, -0.2) is 17.5 Å². The fraction of sp³-hybridized carbons (Fsp3) is 0.538. The molecule has 5 nitrogen and oxygen atoms in total. The van der Waals surface area contributed by atoms with E-state index in [4.69, 9.17) is 10.5 Å². The Morgan fingerprint density at radius 3 is 2.67 bits per heavy atom. The molecular formula is C13H19FN2O3S2. The van der Waals surface area contributed by atoms with Crippen LogP contribution < -0.4 is 15.2 Å². The molecular weight excluding hydrogens is 315 g/mol. The SMILES string of the molecule is COc1c(N)cc(S(=O)(=O)NCC2CCSCC2)cc1F. The largest absolute Gasteiger partial charge is 0.492 e. The lowest BCUT2D eigenvalue weighted by Gasteiger charge is -2.21. The van der Waals surface area contributed by atoms with E-state index in [1.54, 1.807) is 0 Å². The monoisotopic (exact) mass is 334 g/mol. The number of sulfonamides is 1. The van der Waals surface area contributed by atoms with E-state index in [0.29, 0.717) is 12.5 Å². The highest BCUT2D eigenvalue weighted by Crippen LogP contribution is 2.28. The van der Waals surface area contributed by atoms with Gasteiger partial charge in [-0.1, -0.05) is 0 Å². The number of methoxy groups -OCH3 is 1. The first-order valence-electron chi connectivity index (χ1n) is 6.64. The molecule has 21 heavy (non-hydrogen) atoms. The summed E-state index contributed by atoms with van der Waals surface area (Å²) in [6.07, 6.45) is 1.98. The van der Waals surface area contributed by atoms with Crippen LogP contribution in [0.25, 0.3) is 0 Å². The lowest BCUT2D eigenvalue weighted by Crippen LogP contribution is -2.31. The Hall–Kier alpha value is -0.990. The van der Waals surface area contributed by atoms with E-state index in [-0.39, 0.29) is 16.3 Å². The van der Waals surface area contributed by atoms with Crippen LogP contribution >= 0.6 is 11.8 Å². The minimum absolute atomic E-state index is 0.0352. The topological polar surface area (TPSA) is 81.4 Å². The van der Waals surface area contributed by atoms with E-state index in [1.165, 1.54) is 13.2 Å². The van der Waals surface area contributed by atoms with Crippen LogP contribution in [0.1, 0.15) is 12.8 Å². The van der Waals surface area contributed by atoms with Gasteiger partial charge < -0.3 is 10.5 Å². The van der Waals surface area contributed by atoms with Crippen LogP contribution in [0.3, 0.4) is 0 Å². The first-order valence-corrected chi connectivity index (χ1v) is 9.28. The number of nitrogens with two attached hydrogens (primary N) is 1. The lowest BCUT2D eigenvalue weighted by molar-refractivity contribution is 0.388. The third kappa shape index (κ3) is 4.02. The molecule has 1 heterocycles. The number of benzene rings is 1. The van der Waals surface area contributed by atoms with Gasteiger partial charge in [0.05, 0.1) is 17.7 Å². The van der Waals surface area contributed by atoms with Gasteiger partial charge in [-0.15, -0.1) is 0 Å². The maximum Gasteiger partial charge on any atom is 0.240 e. The first-order chi connectivity index (χ1) is 9.94. The standard InChI is InChI=1S/C13H19FN2O3S2/c1-19-13-11(14)6-10(7-12(13)15)21(17,18)16-8-9-2-4-20-5-3-9/h6-7,9,16H,2-5,8,15H2,1H3. The summed E-state index contributed by atoms with van der Waals surface area (Å²) >= 11 is 1.88. The molecule has 8 heteroatoms. The summed E-state index contributed by atoms with van der Waals surface area (Å²) in [7, 11) is -2.48. The molecule has 0 aliphatic carbocycles. The van der Waals surface area contributed by atoms with Gasteiger partial charge in [0, 0.05) is 6.54 Å². The Morgan fingerprint density at radius 1 is 1.43 bits per heavy atom. The van der Waals surface area contributed by atoms with Gasteiger partial charge in [-0.3, -0.25) is 0 Å². The summed E-state index contributed by atoms with van der Waals surface area (Å²) in [5.74, 6) is 1.51. The van der Waals surface area contributed by atoms with E-state index in [0.717, 1.165) is 30.4 Å². The summed E-state index contributed by atoms with van der Waals surface area (Å²) in [6, 6.07) is 2.13. The average molecular weight is 334 g/mol. The van der Waals surface area contributed by atoms with Gasteiger partial charge in [0.25, 0.3) is 0 Å². The maximum absolute atomic E-state index is 13.7. The predicted molar refractivity (Wildman–Crippen MR) is 82.6 cm³/mol. The molecule has 1 aliphatic rings. The van der Waals surface area contributed by atoms with Gasteiger partial charge in [-0.2, -0.15) is 11.8 Å². The number of nitrogens with one attached hydrogen (secondary N) is 1. The second-order valence-electron chi connectivity index (χ2n) is 4.94. The molecule has 0 spiro atoms. The molecule has 1 aromatic carbocycles. The van der Waals surface area contributed by atoms with Crippen molar-refractivity contribution in [3.8, 4) is 5.75 Å². The molecule has 1 saturated heterocycles. The molecule has 1 aliphatic heterocycles. The zero-order chi connectivity index (χ0) is 15.5. The fourth-order valence-corrected chi connectivity index (χ4v) is 4.59. The van der Waals surface area contributed by atoms with Gasteiger partial charge in [0.1, 0.15) is 0 Å². The van der Waals surface area contributed by atoms with Crippen LogP contribution in [0.5, 0.6) is 5.75 Å². The normalized spacial score (nSPS) is 16.9. The molecule has 0 aromatic heterocycles. The molecule has 1 fully saturated rings. The van der Waals surface area contributed by atoms with Crippen molar-refractivity contribution >= 4 is 27.5 Å². The van der Waals surface area contributed by atoms with Gasteiger partial charge in [0.2, 0.25) is 10.0 Å². The Bertz CT molecular complexity index is 578. The summed E-state index contributed by atoms with van der Waals surface area (Å²) in [5.41, 5.74) is 5.57. The Balaban J connectivity index is 2.12. The maximum atomic E-state index is 13.7. The van der Waals surface area contributed by atoms with Gasteiger partial charge in [0.15, 0.2) is 11.6 Å². The van der Waals surface area contributed by atoms with Crippen molar-refractivity contribution in [1.82, 2.24) is 4.72 Å². The van der Waals surface area contributed by atoms with E-state index >= 15 is 0 Å². The summed E-state index contributed by atoms with van der Waals surface area (Å²) < 4.78 is 45.5. The highest BCUT2D eigenvalue weighted by molar-refractivity contribution is 7.99. The van der Waals surface area contributed by atoms with Crippen molar-refractivity contribution in [1.29, 1.82) is 0 Å². The predicted octanol–water partition coefficient (Wildman–Crippen LogP) is 1.84. The quantitative estimate of drug-likeness (QED) is 0.803. The van der Waals surface area contributed by atoms with Crippen molar-refractivity contribution in [3.63, 3.8) is 0 Å². The van der Waals surface area contributed by atoms with E-state index < -0.39 is 15.8 Å². The van der Waals surface area contributed by atoms with Gasteiger partial charge >= 0.3 is 0 Å². The van der Waals surface area contributed by atoms with E-state index in [9.17, 15) is 12.8 Å². The second-order valence-corrected chi connectivity index (χ2v) is 7.93. The minimum Gasteiger partial charge on any atom is -0.492 e. The molecule has 0 radical (unpaired) electrons.